The molecule has 0 aliphatic carbocycles. The molecule has 0 aromatic heterocycles. The van der Waals surface area contributed by atoms with E-state index in [1.165, 1.54) is 8.61 Å². The lowest BCUT2D eigenvalue weighted by Gasteiger charge is -2.29. The predicted octanol–water partition coefficient (Wildman–Crippen LogP) is 6.91. The van der Waals surface area contributed by atoms with Crippen molar-refractivity contribution in [3.05, 3.63) is 133 Å². The fraction of sp³-hybridized carbons (Fsp3) is 0.200. The molecule has 0 bridgehead atoms. The zero-order valence-corrected chi connectivity index (χ0v) is 27.1. The summed E-state index contributed by atoms with van der Waals surface area (Å²) in [5.41, 5.74) is 2.51. The molecule has 0 aliphatic heterocycles. The van der Waals surface area contributed by atoms with E-state index in [0.29, 0.717) is 22.9 Å². The minimum Gasteiger partial charge on any atom is -0.487 e. The Morgan fingerprint density at radius 2 is 0.933 bits per heavy atom. The Hall–Kier alpha value is -4.54. The average Bonchev–Trinajstić information content (AvgIpc) is 3.03. The highest BCUT2D eigenvalue weighted by atomic mass is 32.2. The van der Waals surface area contributed by atoms with Crippen molar-refractivity contribution in [3.63, 3.8) is 0 Å². The molecule has 0 spiro atoms. The van der Waals surface area contributed by atoms with E-state index in [1.54, 1.807) is 109 Å². The number of aryl methyl sites for hydroxylation is 2. The molecule has 0 unspecified atom stereocenters. The average molecular weight is 647 g/mol. The Balaban J connectivity index is 1.75. The molecule has 0 N–H and O–H groups in total. The summed E-state index contributed by atoms with van der Waals surface area (Å²) in [5, 5.41) is 0. The standard InChI is InChI=1S/C35H38N2O6S2/c1-5-26-42-34-14-9-7-12-32(34)36(44(38,39)30-20-16-28(3)17-21-30)24-11-25-37(33-13-8-10-15-35(33)43-27-6-2)45(40,41)31-22-18-29(4)19-23-31/h5-10,12-23H,1-2,11,24-27H2,3-4H3. The predicted molar refractivity (Wildman–Crippen MR) is 180 cm³/mol. The molecule has 4 aromatic carbocycles. The van der Waals surface area contributed by atoms with Crippen LogP contribution in [0.1, 0.15) is 17.5 Å². The van der Waals surface area contributed by atoms with Crippen LogP contribution in [0.4, 0.5) is 11.4 Å². The third-order valence-corrected chi connectivity index (χ3v) is 10.6. The molecule has 45 heavy (non-hydrogen) atoms. The monoisotopic (exact) mass is 646 g/mol. The van der Waals surface area contributed by atoms with E-state index in [9.17, 15) is 16.8 Å². The number of rotatable bonds is 16. The van der Waals surface area contributed by atoms with Crippen molar-refractivity contribution < 1.29 is 26.3 Å². The zero-order chi connectivity index (χ0) is 32.5. The van der Waals surface area contributed by atoms with Gasteiger partial charge in [0.25, 0.3) is 20.0 Å². The molecule has 236 valence electrons. The highest BCUT2D eigenvalue weighted by Gasteiger charge is 2.30. The Morgan fingerprint density at radius 3 is 1.29 bits per heavy atom. The van der Waals surface area contributed by atoms with Crippen LogP contribution in [0, 0.1) is 13.8 Å². The molecular formula is C35H38N2O6S2. The normalized spacial score (nSPS) is 11.4. The van der Waals surface area contributed by atoms with Crippen molar-refractivity contribution in [1.82, 2.24) is 0 Å². The van der Waals surface area contributed by atoms with Crippen molar-refractivity contribution in [2.75, 3.05) is 34.9 Å². The molecule has 0 radical (unpaired) electrons. The van der Waals surface area contributed by atoms with E-state index >= 15 is 0 Å². The number of benzene rings is 4. The lowest BCUT2D eigenvalue weighted by molar-refractivity contribution is 0.364. The molecule has 4 aromatic rings. The molecule has 0 saturated carbocycles. The van der Waals surface area contributed by atoms with Gasteiger partial charge in [0.2, 0.25) is 0 Å². The van der Waals surface area contributed by atoms with Crippen LogP contribution in [-0.2, 0) is 20.0 Å². The number of hydrogen-bond acceptors (Lipinski definition) is 6. The van der Waals surface area contributed by atoms with Crippen LogP contribution in [0.2, 0.25) is 0 Å². The summed E-state index contributed by atoms with van der Waals surface area (Å²) in [7, 11) is -8.14. The number of para-hydroxylation sites is 4. The van der Waals surface area contributed by atoms with E-state index < -0.39 is 20.0 Å². The molecule has 10 heteroatoms. The van der Waals surface area contributed by atoms with E-state index in [2.05, 4.69) is 13.2 Å². The van der Waals surface area contributed by atoms with Crippen LogP contribution in [0.3, 0.4) is 0 Å². The largest absolute Gasteiger partial charge is 0.487 e. The molecule has 0 atom stereocenters. The lowest BCUT2D eigenvalue weighted by atomic mass is 10.2. The van der Waals surface area contributed by atoms with Gasteiger partial charge in [0.1, 0.15) is 24.7 Å². The molecule has 0 aliphatic rings. The van der Waals surface area contributed by atoms with Gasteiger partial charge in [-0.25, -0.2) is 16.8 Å². The van der Waals surface area contributed by atoms with Gasteiger partial charge in [-0.1, -0.05) is 85.0 Å². The van der Waals surface area contributed by atoms with Crippen LogP contribution in [-0.4, -0.2) is 43.1 Å². The number of anilines is 2. The third-order valence-electron chi connectivity index (χ3n) is 6.92. The number of nitrogens with zero attached hydrogens (tertiary/aromatic N) is 2. The fourth-order valence-electron chi connectivity index (χ4n) is 4.64. The molecule has 8 nitrogen and oxygen atoms in total. The Kier molecular flexibility index (Phi) is 11.1. The van der Waals surface area contributed by atoms with Crippen molar-refractivity contribution in [2.45, 2.75) is 30.1 Å². The minimum atomic E-state index is -4.07. The fourth-order valence-corrected chi connectivity index (χ4v) is 7.67. The summed E-state index contributed by atoms with van der Waals surface area (Å²) in [4.78, 5) is 0.220. The van der Waals surface area contributed by atoms with Crippen LogP contribution in [0.15, 0.2) is 132 Å². The van der Waals surface area contributed by atoms with E-state index in [4.69, 9.17) is 9.47 Å². The topological polar surface area (TPSA) is 93.2 Å². The maximum atomic E-state index is 14.1. The second-order valence-corrected chi connectivity index (χ2v) is 14.0. The van der Waals surface area contributed by atoms with Gasteiger partial charge in [-0.3, -0.25) is 8.61 Å². The SMILES string of the molecule is C=CCOc1ccccc1N(CCCN(c1ccccc1OCC=C)S(=O)(=O)c1ccc(C)cc1)S(=O)(=O)c1ccc(C)cc1. The Bertz CT molecular complexity index is 1690. The van der Waals surface area contributed by atoms with Gasteiger partial charge in [0.05, 0.1) is 21.2 Å². The second kappa shape index (κ2) is 15.0. The van der Waals surface area contributed by atoms with Crippen molar-refractivity contribution >= 4 is 31.4 Å². The second-order valence-electron chi connectivity index (χ2n) is 10.3. The number of ether oxygens (including phenoxy) is 2. The smallest absolute Gasteiger partial charge is 0.264 e. The van der Waals surface area contributed by atoms with Crippen LogP contribution < -0.4 is 18.1 Å². The molecule has 0 amide bonds. The van der Waals surface area contributed by atoms with Gasteiger partial charge in [0, 0.05) is 13.1 Å². The summed E-state index contributed by atoms with van der Waals surface area (Å²) in [6.45, 7) is 11.4. The van der Waals surface area contributed by atoms with Gasteiger partial charge in [-0.15, -0.1) is 0 Å². The Labute approximate surface area is 267 Å². The maximum Gasteiger partial charge on any atom is 0.264 e. The summed E-state index contributed by atoms with van der Waals surface area (Å²) in [6.07, 6.45) is 3.30. The number of hydrogen-bond donors (Lipinski definition) is 0. The third kappa shape index (κ3) is 7.95. The van der Waals surface area contributed by atoms with E-state index in [1.807, 2.05) is 13.8 Å². The van der Waals surface area contributed by atoms with Gasteiger partial charge in [-0.05, 0) is 68.8 Å². The first-order valence-corrected chi connectivity index (χ1v) is 17.3. The molecule has 0 heterocycles. The number of sulfonamides is 2. The first-order chi connectivity index (χ1) is 21.6. The molecule has 0 fully saturated rings. The summed E-state index contributed by atoms with van der Waals surface area (Å²) in [5.74, 6) is 0.723. The van der Waals surface area contributed by atoms with E-state index in [0.717, 1.165) is 11.1 Å². The zero-order valence-electron chi connectivity index (χ0n) is 25.5. The lowest BCUT2D eigenvalue weighted by Crippen LogP contribution is -2.37. The van der Waals surface area contributed by atoms with Crippen molar-refractivity contribution in [1.29, 1.82) is 0 Å². The Morgan fingerprint density at radius 1 is 0.578 bits per heavy atom. The quantitative estimate of drug-likeness (QED) is 0.123. The molecule has 0 saturated heterocycles. The first kappa shape index (κ1) is 33.4. The van der Waals surface area contributed by atoms with Crippen LogP contribution in [0.25, 0.3) is 0 Å². The van der Waals surface area contributed by atoms with Gasteiger partial charge < -0.3 is 9.47 Å². The van der Waals surface area contributed by atoms with Gasteiger partial charge in [-0.2, -0.15) is 0 Å². The van der Waals surface area contributed by atoms with Crippen LogP contribution >= 0.6 is 0 Å². The van der Waals surface area contributed by atoms with Gasteiger partial charge in [0.15, 0.2) is 0 Å². The molecular weight excluding hydrogens is 609 g/mol. The summed E-state index contributed by atoms with van der Waals surface area (Å²) < 4.78 is 70.7. The van der Waals surface area contributed by atoms with Crippen molar-refractivity contribution in [3.8, 4) is 11.5 Å². The minimum absolute atomic E-state index is 0.0414. The summed E-state index contributed by atoms with van der Waals surface area (Å²) in [6, 6.07) is 26.9. The maximum absolute atomic E-state index is 14.1. The van der Waals surface area contributed by atoms with Gasteiger partial charge >= 0.3 is 0 Å². The first-order valence-electron chi connectivity index (χ1n) is 14.4. The highest BCUT2D eigenvalue weighted by Crippen LogP contribution is 2.35. The molecule has 4 rings (SSSR count). The highest BCUT2D eigenvalue weighted by molar-refractivity contribution is 7.93. The van der Waals surface area contributed by atoms with E-state index in [-0.39, 0.29) is 42.5 Å². The van der Waals surface area contributed by atoms with Crippen LogP contribution in [0.5, 0.6) is 11.5 Å². The summed E-state index contributed by atoms with van der Waals surface area (Å²) >= 11 is 0. The van der Waals surface area contributed by atoms with Crippen molar-refractivity contribution in [2.24, 2.45) is 0 Å².